The minimum Gasteiger partial charge on any atom is -0.467 e. The lowest BCUT2D eigenvalue weighted by atomic mass is 10.1. The molecule has 0 saturated heterocycles. The topological polar surface area (TPSA) is 76.8 Å². The van der Waals surface area contributed by atoms with Gasteiger partial charge in [-0.05, 0) is 72.3 Å². The van der Waals surface area contributed by atoms with Crippen molar-refractivity contribution in [2.24, 2.45) is 0 Å². The number of alkyl halides is 3. The molecule has 4 aromatic rings. The molecule has 0 bridgehead atoms. The zero-order valence-electron chi connectivity index (χ0n) is 19.0. The van der Waals surface area contributed by atoms with E-state index in [1.165, 1.54) is 29.4 Å². The second-order valence-corrected chi connectivity index (χ2v) is 9.94. The summed E-state index contributed by atoms with van der Waals surface area (Å²) in [6.45, 7) is 0.186. The fourth-order valence-electron chi connectivity index (χ4n) is 3.48. The first-order valence-corrected chi connectivity index (χ1v) is 12.6. The van der Waals surface area contributed by atoms with Crippen molar-refractivity contribution >= 4 is 27.6 Å². The highest BCUT2D eigenvalue weighted by molar-refractivity contribution is 7.87. The number of nitrogens with zero attached hydrogens (tertiary/aromatic N) is 1. The second-order valence-electron chi connectivity index (χ2n) is 7.96. The molecule has 1 aromatic heterocycles. The smallest absolute Gasteiger partial charge is 0.416 e. The van der Waals surface area contributed by atoms with Crippen molar-refractivity contribution < 1.29 is 35.0 Å². The maximum absolute atomic E-state index is 13.2. The van der Waals surface area contributed by atoms with E-state index in [2.05, 4.69) is 0 Å². The molecule has 0 unspecified atom stereocenters. The molecule has 0 N–H and O–H groups in total. The maximum atomic E-state index is 13.2. The maximum Gasteiger partial charge on any atom is 0.416 e. The van der Waals surface area contributed by atoms with Crippen LogP contribution in [0, 0.1) is 0 Å². The van der Waals surface area contributed by atoms with E-state index in [-0.39, 0.29) is 24.7 Å². The molecule has 6 nitrogen and oxygen atoms in total. The number of halogens is 4. The lowest BCUT2D eigenvalue weighted by Crippen LogP contribution is -2.30. The third-order valence-electron chi connectivity index (χ3n) is 5.23. The molecule has 0 saturated carbocycles. The third kappa shape index (κ3) is 6.72. The van der Waals surface area contributed by atoms with Gasteiger partial charge in [-0.1, -0.05) is 29.8 Å². The fraction of sp³-hybridized carbons (Fsp3) is 0.115. The molecule has 0 aliphatic rings. The molecule has 0 spiro atoms. The summed E-state index contributed by atoms with van der Waals surface area (Å²) in [5, 5.41) is 0.473. The van der Waals surface area contributed by atoms with Gasteiger partial charge in [0.25, 0.3) is 5.91 Å². The number of carbonyl (C=O) groups excluding carboxylic acids is 1. The van der Waals surface area contributed by atoms with Crippen LogP contribution in [0.3, 0.4) is 0 Å². The Bertz CT molecular complexity index is 1490. The number of hydrogen-bond acceptors (Lipinski definition) is 5. The predicted octanol–water partition coefficient (Wildman–Crippen LogP) is 6.56. The first-order chi connectivity index (χ1) is 17.5. The van der Waals surface area contributed by atoms with Crippen LogP contribution < -0.4 is 4.18 Å². The Hall–Kier alpha value is -3.76. The van der Waals surface area contributed by atoms with Gasteiger partial charge in [0.1, 0.15) is 16.4 Å². The Morgan fingerprint density at radius 1 is 0.919 bits per heavy atom. The van der Waals surface area contributed by atoms with E-state index in [1.807, 2.05) is 0 Å². The van der Waals surface area contributed by atoms with Crippen molar-refractivity contribution in [2.75, 3.05) is 0 Å². The van der Waals surface area contributed by atoms with E-state index in [4.69, 9.17) is 20.2 Å². The van der Waals surface area contributed by atoms with Gasteiger partial charge in [-0.2, -0.15) is 21.6 Å². The highest BCUT2D eigenvalue weighted by atomic mass is 35.5. The summed E-state index contributed by atoms with van der Waals surface area (Å²) in [5.41, 5.74) is -0.207. The minimum atomic E-state index is -4.71. The van der Waals surface area contributed by atoms with Crippen LogP contribution in [0.2, 0.25) is 5.02 Å². The normalized spacial score (nSPS) is 11.8. The van der Waals surface area contributed by atoms with Gasteiger partial charge in [0.05, 0.1) is 18.4 Å². The molecule has 1 heterocycles. The lowest BCUT2D eigenvalue weighted by Gasteiger charge is -2.22. The summed E-state index contributed by atoms with van der Waals surface area (Å²) >= 11 is 5.93. The number of hydrogen-bond donors (Lipinski definition) is 0. The predicted molar refractivity (Wildman–Crippen MR) is 129 cm³/mol. The Labute approximate surface area is 216 Å². The average Bonchev–Trinajstić information content (AvgIpc) is 3.36. The number of rotatable bonds is 8. The average molecular weight is 550 g/mol. The van der Waals surface area contributed by atoms with Crippen molar-refractivity contribution in [3.8, 4) is 5.75 Å². The number of furan rings is 1. The van der Waals surface area contributed by atoms with Gasteiger partial charge in [-0.3, -0.25) is 4.79 Å². The van der Waals surface area contributed by atoms with Crippen molar-refractivity contribution in [1.82, 2.24) is 4.90 Å². The number of carbonyl (C=O) groups is 1. The van der Waals surface area contributed by atoms with Crippen LogP contribution in [-0.4, -0.2) is 19.2 Å². The van der Waals surface area contributed by atoms with Crippen LogP contribution in [0.1, 0.15) is 27.2 Å². The van der Waals surface area contributed by atoms with Gasteiger partial charge in [0.15, 0.2) is 0 Å². The summed E-state index contributed by atoms with van der Waals surface area (Å²) in [6.07, 6.45) is -3.23. The van der Waals surface area contributed by atoms with Crippen LogP contribution in [0.15, 0.2) is 101 Å². The van der Waals surface area contributed by atoms with Crippen LogP contribution >= 0.6 is 11.6 Å². The minimum absolute atomic E-state index is 0.0585. The van der Waals surface area contributed by atoms with Crippen molar-refractivity contribution in [3.63, 3.8) is 0 Å². The van der Waals surface area contributed by atoms with E-state index in [1.54, 1.807) is 42.5 Å². The molecule has 37 heavy (non-hydrogen) atoms. The highest BCUT2D eigenvalue weighted by Crippen LogP contribution is 2.31. The molecule has 0 aliphatic heterocycles. The summed E-state index contributed by atoms with van der Waals surface area (Å²) in [4.78, 5) is 14.1. The quantitative estimate of drug-likeness (QED) is 0.233. The Morgan fingerprint density at radius 3 is 2.32 bits per heavy atom. The molecule has 1 amide bonds. The van der Waals surface area contributed by atoms with Crippen LogP contribution in [0.25, 0.3) is 0 Å². The second kappa shape index (κ2) is 10.7. The molecule has 11 heteroatoms. The van der Waals surface area contributed by atoms with E-state index < -0.39 is 26.8 Å². The number of amides is 1. The van der Waals surface area contributed by atoms with E-state index in [9.17, 15) is 26.4 Å². The summed E-state index contributed by atoms with van der Waals surface area (Å²) in [5.74, 6) is 0.0876. The van der Waals surface area contributed by atoms with Gasteiger partial charge in [-0.25, -0.2) is 0 Å². The summed E-state index contributed by atoms with van der Waals surface area (Å²) in [6, 6.07) is 19.0. The van der Waals surface area contributed by atoms with E-state index in [0.29, 0.717) is 28.0 Å². The Balaban J connectivity index is 1.57. The Morgan fingerprint density at radius 2 is 1.65 bits per heavy atom. The van der Waals surface area contributed by atoms with Gasteiger partial charge in [-0.15, -0.1) is 0 Å². The first kappa shape index (κ1) is 26.3. The summed E-state index contributed by atoms with van der Waals surface area (Å²) in [7, 11) is -4.55. The molecule has 0 fully saturated rings. The molecular weight excluding hydrogens is 531 g/mol. The van der Waals surface area contributed by atoms with Gasteiger partial charge in [0.2, 0.25) is 0 Å². The van der Waals surface area contributed by atoms with Gasteiger partial charge < -0.3 is 13.5 Å². The van der Waals surface area contributed by atoms with Crippen LogP contribution in [0.5, 0.6) is 5.75 Å². The van der Waals surface area contributed by atoms with Gasteiger partial charge in [0, 0.05) is 17.1 Å². The third-order valence-corrected chi connectivity index (χ3v) is 6.73. The largest absolute Gasteiger partial charge is 0.467 e. The molecule has 0 radical (unpaired) electrons. The molecular formula is C26H19ClF3NO5S. The zero-order chi connectivity index (χ0) is 26.6. The Kier molecular flexibility index (Phi) is 7.60. The van der Waals surface area contributed by atoms with Gasteiger partial charge >= 0.3 is 16.3 Å². The van der Waals surface area contributed by atoms with Crippen molar-refractivity contribution in [2.45, 2.75) is 24.2 Å². The number of benzene rings is 3. The van der Waals surface area contributed by atoms with Crippen LogP contribution in [0.4, 0.5) is 13.2 Å². The molecule has 3 aromatic carbocycles. The zero-order valence-corrected chi connectivity index (χ0v) is 20.6. The van der Waals surface area contributed by atoms with E-state index >= 15 is 0 Å². The fourth-order valence-corrected chi connectivity index (χ4v) is 4.58. The standard InChI is InChI=1S/C26H19ClF3NO5S/c27-21-11-9-19(10-12-21)25(32)31(17-23-7-3-13-35-23)16-18-4-1-6-22(14-18)36-37(33,34)24-8-2-5-20(15-24)26(28,29)30/h1-15H,16-17H2. The molecule has 0 atom stereocenters. The molecule has 4 rings (SSSR count). The monoisotopic (exact) mass is 549 g/mol. The summed E-state index contributed by atoms with van der Waals surface area (Å²) < 4.78 is 74.9. The lowest BCUT2D eigenvalue weighted by molar-refractivity contribution is -0.137. The van der Waals surface area contributed by atoms with Crippen molar-refractivity contribution in [3.05, 3.63) is 119 Å². The molecule has 0 aliphatic carbocycles. The van der Waals surface area contributed by atoms with E-state index in [0.717, 1.165) is 18.2 Å². The SMILES string of the molecule is O=C(c1ccc(Cl)cc1)N(Cc1cccc(OS(=O)(=O)c2cccc(C(F)(F)F)c2)c1)Cc1ccco1. The highest BCUT2D eigenvalue weighted by Gasteiger charge is 2.32. The van der Waals surface area contributed by atoms with Crippen LogP contribution in [-0.2, 0) is 29.4 Å². The van der Waals surface area contributed by atoms with Crippen molar-refractivity contribution in [1.29, 1.82) is 0 Å². The first-order valence-electron chi connectivity index (χ1n) is 10.8. The molecule has 192 valence electrons.